The first kappa shape index (κ1) is 39.1. The topological polar surface area (TPSA) is 123 Å². The largest absolute Gasteiger partial charge is 0.464 e. The lowest BCUT2D eigenvalue weighted by atomic mass is 9.97. The number of benzene rings is 3. The minimum absolute atomic E-state index is 0.108. The highest BCUT2D eigenvalue weighted by molar-refractivity contribution is 5.93. The van der Waals surface area contributed by atoms with Gasteiger partial charge >= 0.3 is 12.1 Å². The molecule has 3 N–H and O–H groups in total. The number of alkyl carbamates (subject to hydrolysis) is 1. The van der Waals surface area contributed by atoms with E-state index in [1.807, 2.05) is 94.4 Å². The number of ether oxygens (including phenoxy) is 2. The summed E-state index contributed by atoms with van der Waals surface area (Å²) in [6, 6.07) is 22.7. The summed E-state index contributed by atoms with van der Waals surface area (Å²) in [5.41, 5.74) is 5.25. The van der Waals surface area contributed by atoms with Crippen molar-refractivity contribution in [3.63, 3.8) is 0 Å². The van der Waals surface area contributed by atoms with E-state index in [9.17, 15) is 19.2 Å². The molecule has 3 amide bonds. The monoisotopic (exact) mass is 697 g/mol. The van der Waals surface area contributed by atoms with Gasteiger partial charge in [0.1, 0.15) is 24.7 Å². The van der Waals surface area contributed by atoms with Gasteiger partial charge in [-0.25, -0.2) is 9.59 Å². The van der Waals surface area contributed by atoms with Crippen LogP contribution in [0.4, 0.5) is 4.79 Å². The normalized spacial score (nSPS) is 14.4. The summed E-state index contributed by atoms with van der Waals surface area (Å²) in [4.78, 5) is 54.1. The van der Waals surface area contributed by atoms with Crippen molar-refractivity contribution in [2.45, 2.75) is 104 Å². The van der Waals surface area contributed by atoms with Crippen molar-refractivity contribution in [3.05, 3.63) is 95.6 Å². The van der Waals surface area contributed by atoms with E-state index in [1.54, 1.807) is 0 Å². The Morgan fingerprint density at radius 3 is 1.88 bits per heavy atom. The summed E-state index contributed by atoms with van der Waals surface area (Å²) in [6.45, 7) is 10.0. The Bertz CT molecular complexity index is 1550. The summed E-state index contributed by atoms with van der Waals surface area (Å²) < 4.78 is 11.3. The van der Waals surface area contributed by atoms with Crippen molar-refractivity contribution in [1.29, 1.82) is 0 Å². The predicted octanol–water partition coefficient (Wildman–Crippen LogP) is 7.32. The van der Waals surface area contributed by atoms with Gasteiger partial charge in [-0.3, -0.25) is 9.59 Å². The lowest BCUT2D eigenvalue weighted by Crippen LogP contribution is -2.58. The van der Waals surface area contributed by atoms with E-state index in [1.165, 1.54) is 0 Å². The molecule has 3 aromatic carbocycles. The number of hydrogen-bond acceptors (Lipinski definition) is 6. The maximum atomic E-state index is 13.9. The molecular weight excluding hydrogens is 642 g/mol. The molecule has 51 heavy (non-hydrogen) atoms. The Morgan fingerprint density at radius 2 is 1.27 bits per heavy atom. The maximum absolute atomic E-state index is 13.9. The van der Waals surface area contributed by atoms with E-state index in [2.05, 4.69) is 35.0 Å². The Morgan fingerprint density at radius 1 is 0.667 bits per heavy atom. The summed E-state index contributed by atoms with van der Waals surface area (Å²) >= 11 is 0. The van der Waals surface area contributed by atoms with Gasteiger partial charge in [0, 0.05) is 12.3 Å². The van der Waals surface area contributed by atoms with Crippen molar-refractivity contribution in [2.75, 3.05) is 13.2 Å². The van der Waals surface area contributed by atoms with Gasteiger partial charge in [-0.05, 0) is 46.1 Å². The first-order valence-corrected chi connectivity index (χ1v) is 18.6. The van der Waals surface area contributed by atoms with Crippen LogP contribution in [0.2, 0.25) is 0 Å². The molecule has 4 rings (SSSR count). The van der Waals surface area contributed by atoms with E-state index in [0.29, 0.717) is 13.0 Å². The number of esters is 1. The molecule has 0 saturated carbocycles. The van der Waals surface area contributed by atoms with Crippen LogP contribution < -0.4 is 16.0 Å². The molecule has 3 aromatic rings. The molecule has 0 heterocycles. The lowest BCUT2D eigenvalue weighted by Gasteiger charge is -2.28. The molecule has 9 nitrogen and oxygen atoms in total. The fourth-order valence-electron chi connectivity index (χ4n) is 6.51. The Labute approximate surface area is 303 Å². The number of carbonyl (C=O) groups excluding carboxylic acids is 4. The third kappa shape index (κ3) is 10.9. The van der Waals surface area contributed by atoms with Crippen LogP contribution in [-0.4, -0.2) is 55.2 Å². The Balaban J connectivity index is 1.42. The number of hydrogen-bond donors (Lipinski definition) is 3. The average molecular weight is 698 g/mol. The molecule has 0 unspecified atom stereocenters. The Hall–Kier alpha value is -4.66. The molecule has 1 aliphatic rings. The van der Waals surface area contributed by atoms with Crippen molar-refractivity contribution < 1.29 is 28.7 Å². The van der Waals surface area contributed by atoms with Crippen LogP contribution >= 0.6 is 0 Å². The fourth-order valence-corrected chi connectivity index (χ4v) is 6.51. The summed E-state index contributed by atoms with van der Waals surface area (Å²) in [5.74, 6) is -2.13. The zero-order valence-corrected chi connectivity index (χ0v) is 30.8. The van der Waals surface area contributed by atoms with Gasteiger partial charge in [0.15, 0.2) is 0 Å². The first-order valence-electron chi connectivity index (χ1n) is 18.6. The first-order chi connectivity index (χ1) is 24.6. The predicted molar refractivity (Wildman–Crippen MR) is 200 cm³/mol. The molecule has 0 radical (unpaired) electrons. The van der Waals surface area contributed by atoms with Gasteiger partial charge in [-0.1, -0.05) is 146 Å². The highest BCUT2D eigenvalue weighted by atomic mass is 16.5. The SMILES string of the molecule is CCCCCCCOC(=O)[C@@H](NC(=O)[C@H](Cc1ccccc1)NC(=O)[C@@H](NC(=O)OCC1c2ccccc2-c2ccccc21)C(C)C)[C@@H](C)CC. The second-order valence-corrected chi connectivity index (χ2v) is 13.9. The van der Waals surface area contributed by atoms with Crippen LogP contribution in [0.3, 0.4) is 0 Å². The zero-order valence-electron chi connectivity index (χ0n) is 30.8. The second-order valence-electron chi connectivity index (χ2n) is 13.9. The highest BCUT2D eigenvalue weighted by Crippen LogP contribution is 2.44. The molecule has 0 aromatic heterocycles. The standard InChI is InChI=1S/C42H55N3O6/c1-6-8-9-10-18-25-50-41(48)38(29(5)7-2)44-39(46)36(26-30-19-12-11-13-20-30)43-40(47)37(28(3)4)45-42(49)51-27-35-33-23-16-14-21-31(33)32-22-15-17-24-34(32)35/h11-17,19-24,28-29,35-38H,6-10,18,25-27H2,1-5H3,(H,43,47)(H,44,46)(H,45,49)/t29-,36-,37-,38-/m0/s1. The zero-order chi connectivity index (χ0) is 36.8. The second kappa shape index (κ2) is 19.7. The number of amides is 3. The van der Waals surface area contributed by atoms with Crippen LogP contribution in [0.1, 0.15) is 95.8 Å². The maximum Gasteiger partial charge on any atom is 0.407 e. The number of rotatable bonds is 19. The molecule has 0 bridgehead atoms. The number of nitrogens with one attached hydrogen (secondary N) is 3. The average Bonchev–Trinajstić information content (AvgIpc) is 3.46. The quantitative estimate of drug-likeness (QED) is 0.0892. The Kier molecular flexibility index (Phi) is 15.1. The third-order valence-corrected chi connectivity index (χ3v) is 9.74. The van der Waals surface area contributed by atoms with Gasteiger partial charge in [-0.15, -0.1) is 0 Å². The summed E-state index contributed by atoms with van der Waals surface area (Å²) in [7, 11) is 0. The van der Waals surface area contributed by atoms with E-state index in [0.717, 1.165) is 59.9 Å². The van der Waals surface area contributed by atoms with Crippen molar-refractivity contribution in [1.82, 2.24) is 16.0 Å². The number of unbranched alkanes of at least 4 members (excludes halogenated alkanes) is 4. The molecular formula is C42H55N3O6. The highest BCUT2D eigenvalue weighted by Gasteiger charge is 2.34. The smallest absolute Gasteiger partial charge is 0.407 e. The molecule has 4 atom stereocenters. The van der Waals surface area contributed by atoms with Gasteiger partial charge in [-0.2, -0.15) is 0 Å². The lowest BCUT2D eigenvalue weighted by molar-refractivity contribution is -0.149. The molecule has 0 fully saturated rings. The minimum atomic E-state index is -1.01. The third-order valence-electron chi connectivity index (χ3n) is 9.74. The van der Waals surface area contributed by atoms with E-state index in [4.69, 9.17) is 9.47 Å². The molecule has 0 spiro atoms. The summed E-state index contributed by atoms with van der Waals surface area (Å²) in [6.07, 6.45) is 5.23. The number of fused-ring (bicyclic) bond motifs is 3. The van der Waals surface area contributed by atoms with Gasteiger partial charge in [0.2, 0.25) is 11.8 Å². The van der Waals surface area contributed by atoms with Gasteiger partial charge < -0.3 is 25.4 Å². The molecule has 0 aliphatic heterocycles. The van der Waals surface area contributed by atoms with Gasteiger partial charge in [0.25, 0.3) is 0 Å². The van der Waals surface area contributed by atoms with E-state index < -0.39 is 42.0 Å². The van der Waals surface area contributed by atoms with Gasteiger partial charge in [0.05, 0.1) is 6.61 Å². The van der Waals surface area contributed by atoms with Crippen molar-refractivity contribution >= 4 is 23.9 Å². The van der Waals surface area contributed by atoms with Crippen molar-refractivity contribution in [2.24, 2.45) is 11.8 Å². The fraction of sp³-hybridized carbons (Fsp3) is 0.476. The van der Waals surface area contributed by atoms with Crippen LogP contribution in [0.5, 0.6) is 0 Å². The van der Waals surface area contributed by atoms with Crippen LogP contribution in [0.15, 0.2) is 78.9 Å². The van der Waals surface area contributed by atoms with Crippen LogP contribution in [0.25, 0.3) is 11.1 Å². The molecule has 1 aliphatic carbocycles. The van der Waals surface area contributed by atoms with Crippen LogP contribution in [-0.2, 0) is 30.3 Å². The van der Waals surface area contributed by atoms with Crippen molar-refractivity contribution in [3.8, 4) is 11.1 Å². The molecule has 9 heteroatoms. The number of carbonyl (C=O) groups is 4. The van der Waals surface area contributed by atoms with E-state index in [-0.39, 0.29) is 30.8 Å². The van der Waals surface area contributed by atoms with Crippen LogP contribution in [0, 0.1) is 11.8 Å². The minimum Gasteiger partial charge on any atom is -0.464 e. The molecule has 0 saturated heterocycles. The molecule has 274 valence electrons. The van der Waals surface area contributed by atoms with E-state index >= 15 is 0 Å². The summed E-state index contributed by atoms with van der Waals surface area (Å²) in [5, 5.41) is 8.51.